The number of nitrogens with one attached hydrogen (secondary N) is 1. The van der Waals surface area contributed by atoms with Crippen molar-refractivity contribution in [3.05, 3.63) is 28.2 Å². The zero-order chi connectivity index (χ0) is 7.72. The minimum atomic E-state index is -0.0208. The summed E-state index contributed by atoms with van der Waals surface area (Å²) in [5, 5.41) is 2.86. The van der Waals surface area contributed by atoms with Crippen LogP contribution in [0.3, 0.4) is 0 Å². The van der Waals surface area contributed by atoms with Crippen LogP contribution in [0.15, 0.2) is 11.4 Å². The second kappa shape index (κ2) is 2.17. The summed E-state index contributed by atoms with van der Waals surface area (Å²) >= 11 is 0. The Bertz CT molecular complexity index is 306. The fourth-order valence-electron chi connectivity index (χ4n) is 0.944. The Hall–Kier alpha value is -1.25. The molecular formula is C7H10N2O. The summed E-state index contributed by atoms with van der Waals surface area (Å²) < 4.78 is 1.44. The molecule has 10 heavy (non-hydrogen) atoms. The number of aromatic nitrogens is 2. The normalized spacial score (nSPS) is 9.80. The molecule has 0 bridgehead atoms. The molecule has 0 unspecified atom stereocenters. The Balaban J connectivity index is 3.48. The quantitative estimate of drug-likeness (QED) is 0.608. The Morgan fingerprint density at radius 3 is 2.50 bits per heavy atom. The fraction of sp³-hybridized carbons (Fsp3) is 0.286. The van der Waals surface area contributed by atoms with Gasteiger partial charge in [0.1, 0.15) is 0 Å². The van der Waals surface area contributed by atoms with Crippen molar-refractivity contribution < 1.29 is 0 Å². The Morgan fingerprint density at radius 1 is 1.70 bits per heavy atom. The van der Waals surface area contributed by atoms with Crippen molar-refractivity contribution in [2.45, 2.75) is 6.92 Å². The lowest BCUT2D eigenvalue weighted by atomic mass is 10.3. The molecule has 3 heteroatoms. The molecule has 0 aliphatic heterocycles. The second-order valence-corrected chi connectivity index (χ2v) is 2.22. The van der Waals surface area contributed by atoms with Gasteiger partial charge in [0.25, 0.3) is 5.56 Å². The van der Waals surface area contributed by atoms with Crippen LogP contribution in [0, 0.1) is 6.92 Å². The molecule has 0 aliphatic carbocycles. The Kier molecular flexibility index (Phi) is 1.49. The van der Waals surface area contributed by atoms with Crippen molar-refractivity contribution >= 4 is 6.08 Å². The summed E-state index contributed by atoms with van der Waals surface area (Å²) in [4.78, 5) is 11.1. The number of aryl methyl sites for hydroxylation is 2. The molecule has 1 N–H and O–H groups in total. The number of H-pyrrole nitrogens is 1. The van der Waals surface area contributed by atoms with Crippen molar-refractivity contribution in [2.24, 2.45) is 7.05 Å². The van der Waals surface area contributed by atoms with Gasteiger partial charge < -0.3 is 0 Å². The van der Waals surface area contributed by atoms with Crippen LogP contribution in [0.1, 0.15) is 11.3 Å². The second-order valence-electron chi connectivity index (χ2n) is 2.22. The third kappa shape index (κ3) is 0.795. The van der Waals surface area contributed by atoms with E-state index in [4.69, 9.17) is 0 Å². The lowest BCUT2D eigenvalue weighted by Crippen LogP contribution is -2.13. The number of aromatic amines is 1. The first-order valence-electron chi connectivity index (χ1n) is 3.05. The minimum absolute atomic E-state index is 0.0208. The maximum atomic E-state index is 11.1. The van der Waals surface area contributed by atoms with E-state index in [2.05, 4.69) is 11.7 Å². The zero-order valence-corrected chi connectivity index (χ0v) is 6.14. The summed E-state index contributed by atoms with van der Waals surface area (Å²) in [6.45, 7) is 5.38. The third-order valence-electron chi connectivity index (χ3n) is 1.48. The van der Waals surface area contributed by atoms with Crippen molar-refractivity contribution in [1.29, 1.82) is 0 Å². The molecule has 0 fully saturated rings. The molecule has 0 saturated heterocycles. The maximum absolute atomic E-state index is 11.1. The molecule has 54 valence electrons. The molecule has 0 saturated carbocycles. The highest BCUT2D eigenvalue weighted by atomic mass is 16.1. The lowest BCUT2D eigenvalue weighted by molar-refractivity contribution is 0.731. The molecule has 0 spiro atoms. The lowest BCUT2D eigenvalue weighted by Gasteiger charge is -1.83. The first-order valence-corrected chi connectivity index (χ1v) is 3.05. The van der Waals surface area contributed by atoms with E-state index in [1.807, 2.05) is 6.92 Å². The van der Waals surface area contributed by atoms with Crippen LogP contribution in [0.2, 0.25) is 0 Å². The predicted octanol–water partition coefficient (Wildman–Crippen LogP) is 0.665. The molecule has 0 aromatic carbocycles. The molecule has 1 heterocycles. The van der Waals surface area contributed by atoms with Gasteiger partial charge in [-0.15, -0.1) is 0 Å². The summed E-state index contributed by atoms with van der Waals surface area (Å²) in [6.07, 6.45) is 1.56. The monoisotopic (exact) mass is 138 g/mol. The van der Waals surface area contributed by atoms with Crippen LogP contribution in [0.25, 0.3) is 6.08 Å². The van der Waals surface area contributed by atoms with E-state index in [9.17, 15) is 4.79 Å². The molecule has 0 amide bonds. The smallest absolute Gasteiger partial charge is 0.273 e. The van der Waals surface area contributed by atoms with E-state index >= 15 is 0 Å². The van der Waals surface area contributed by atoms with Gasteiger partial charge in [0.05, 0.1) is 5.56 Å². The van der Waals surface area contributed by atoms with E-state index in [0.29, 0.717) is 5.56 Å². The summed E-state index contributed by atoms with van der Waals surface area (Å²) in [6, 6.07) is 0. The molecule has 1 aromatic heterocycles. The van der Waals surface area contributed by atoms with Gasteiger partial charge >= 0.3 is 0 Å². The van der Waals surface area contributed by atoms with Gasteiger partial charge in [0.15, 0.2) is 0 Å². The van der Waals surface area contributed by atoms with Gasteiger partial charge in [-0.3, -0.25) is 14.6 Å². The number of nitrogens with zero attached hydrogens (tertiary/aromatic N) is 1. The fourth-order valence-corrected chi connectivity index (χ4v) is 0.944. The minimum Gasteiger partial charge on any atom is -0.300 e. The first kappa shape index (κ1) is 6.86. The van der Waals surface area contributed by atoms with Crippen molar-refractivity contribution in [1.82, 2.24) is 9.78 Å². The first-order chi connectivity index (χ1) is 4.66. The summed E-state index contributed by atoms with van der Waals surface area (Å²) in [5.41, 5.74) is 1.50. The van der Waals surface area contributed by atoms with Crippen LogP contribution >= 0.6 is 0 Å². The van der Waals surface area contributed by atoms with Crippen LogP contribution in [0.4, 0.5) is 0 Å². The van der Waals surface area contributed by atoms with Crippen LogP contribution in [-0.2, 0) is 7.05 Å². The van der Waals surface area contributed by atoms with Gasteiger partial charge in [-0.1, -0.05) is 12.7 Å². The predicted molar refractivity (Wildman–Crippen MR) is 40.9 cm³/mol. The SMILES string of the molecule is C=Cc1c(C)[nH]n(C)c1=O. The van der Waals surface area contributed by atoms with E-state index in [1.165, 1.54) is 4.68 Å². The number of hydrogen-bond donors (Lipinski definition) is 1. The highest BCUT2D eigenvalue weighted by Crippen LogP contribution is 1.97. The topological polar surface area (TPSA) is 37.8 Å². The van der Waals surface area contributed by atoms with Gasteiger partial charge in [-0.25, -0.2) is 0 Å². The zero-order valence-electron chi connectivity index (χ0n) is 6.14. The van der Waals surface area contributed by atoms with Crippen molar-refractivity contribution in [2.75, 3.05) is 0 Å². The molecule has 1 aromatic rings. The molecule has 1 rings (SSSR count). The van der Waals surface area contributed by atoms with Crippen molar-refractivity contribution in [3.8, 4) is 0 Å². The van der Waals surface area contributed by atoms with Crippen molar-refractivity contribution in [3.63, 3.8) is 0 Å². The highest BCUT2D eigenvalue weighted by molar-refractivity contribution is 5.47. The standard InChI is InChI=1S/C7H10N2O/c1-4-6-5(2)8-9(3)7(6)10/h4,8H,1H2,2-3H3. The van der Waals surface area contributed by atoms with Gasteiger partial charge in [0, 0.05) is 12.7 Å². The molecule has 0 atom stereocenters. The molecular weight excluding hydrogens is 128 g/mol. The molecule has 0 radical (unpaired) electrons. The molecule has 3 nitrogen and oxygen atoms in total. The number of hydrogen-bond acceptors (Lipinski definition) is 1. The van der Waals surface area contributed by atoms with Crippen LogP contribution < -0.4 is 5.56 Å². The van der Waals surface area contributed by atoms with E-state index in [1.54, 1.807) is 13.1 Å². The van der Waals surface area contributed by atoms with E-state index in [-0.39, 0.29) is 5.56 Å². The Morgan fingerprint density at radius 2 is 2.30 bits per heavy atom. The van der Waals surface area contributed by atoms with E-state index < -0.39 is 0 Å². The van der Waals surface area contributed by atoms with Crippen LogP contribution in [0.5, 0.6) is 0 Å². The molecule has 0 aliphatic rings. The largest absolute Gasteiger partial charge is 0.300 e. The summed E-state index contributed by atoms with van der Waals surface area (Å²) in [5.74, 6) is 0. The van der Waals surface area contributed by atoms with Gasteiger partial charge in [-0.05, 0) is 6.92 Å². The Labute approximate surface area is 59.0 Å². The average Bonchev–Trinajstić information content (AvgIpc) is 2.09. The average molecular weight is 138 g/mol. The highest BCUT2D eigenvalue weighted by Gasteiger charge is 2.02. The van der Waals surface area contributed by atoms with Crippen LogP contribution in [-0.4, -0.2) is 9.78 Å². The van der Waals surface area contributed by atoms with Gasteiger partial charge in [0.2, 0.25) is 0 Å². The third-order valence-corrected chi connectivity index (χ3v) is 1.48. The van der Waals surface area contributed by atoms with Gasteiger partial charge in [-0.2, -0.15) is 0 Å². The van der Waals surface area contributed by atoms with E-state index in [0.717, 1.165) is 5.69 Å². The maximum Gasteiger partial charge on any atom is 0.273 e. The number of rotatable bonds is 1. The summed E-state index contributed by atoms with van der Waals surface area (Å²) in [7, 11) is 1.68.